The molecule has 1 fully saturated rings. The lowest BCUT2D eigenvalue weighted by atomic mass is 10.0. The second kappa shape index (κ2) is 4.04. The average Bonchev–Trinajstić information content (AvgIpc) is 2.33. The smallest absolute Gasteiger partial charge is 0.0589 e. The van der Waals surface area contributed by atoms with Crippen LogP contribution in [-0.4, -0.2) is 47.5 Å². The number of likely N-dealkylation sites (tertiary alicyclic amines) is 1. The molecule has 0 aliphatic carbocycles. The van der Waals surface area contributed by atoms with Crippen molar-refractivity contribution in [3.63, 3.8) is 0 Å². The lowest BCUT2D eigenvalue weighted by Crippen LogP contribution is -2.36. The third kappa shape index (κ3) is 1.92. The molecule has 0 radical (unpaired) electrons. The van der Waals surface area contributed by atoms with Crippen molar-refractivity contribution >= 4 is 0 Å². The normalized spacial score (nSPS) is 33.0. The van der Waals surface area contributed by atoms with Crippen LogP contribution in [0.25, 0.3) is 0 Å². The Bertz CT molecular complexity index is 117. The van der Waals surface area contributed by atoms with E-state index in [0.29, 0.717) is 12.5 Å². The Morgan fingerprint density at radius 2 is 2.18 bits per heavy atom. The largest absolute Gasteiger partial charge is 0.395 e. The molecular formula is C8H17NO2. The summed E-state index contributed by atoms with van der Waals surface area (Å²) < 4.78 is 0. The quantitative estimate of drug-likeness (QED) is 0.593. The van der Waals surface area contributed by atoms with Crippen LogP contribution in [0.3, 0.4) is 0 Å². The maximum absolute atomic E-state index is 9.01. The number of hydrogen-bond donors (Lipinski definition) is 2. The Labute approximate surface area is 67.6 Å². The Kier molecular flexibility index (Phi) is 3.30. The first-order valence-electron chi connectivity index (χ1n) is 4.25. The molecule has 1 saturated heterocycles. The lowest BCUT2D eigenvalue weighted by Gasteiger charge is -2.23. The molecular weight excluding hydrogens is 142 g/mol. The highest BCUT2D eigenvalue weighted by Crippen LogP contribution is 2.22. The Hall–Kier alpha value is -0.120. The van der Waals surface area contributed by atoms with Gasteiger partial charge in [0.1, 0.15) is 0 Å². The van der Waals surface area contributed by atoms with Gasteiger partial charge in [-0.1, -0.05) is 6.92 Å². The molecule has 0 aromatic heterocycles. The monoisotopic (exact) mass is 159 g/mol. The molecule has 0 aromatic carbocycles. The molecule has 2 atom stereocenters. The van der Waals surface area contributed by atoms with Crippen LogP contribution in [0.4, 0.5) is 0 Å². The van der Waals surface area contributed by atoms with Crippen molar-refractivity contribution in [1.29, 1.82) is 0 Å². The van der Waals surface area contributed by atoms with Crippen molar-refractivity contribution in [2.75, 3.05) is 26.3 Å². The minimum absolute atomic E-state index is 0.198. The fourth-order valence-electron chi connectivity index (χ4n) is 1.79. The van der Waals surface area contributed by atoms with Gasteiger partial charge in [0.25, 0.3) is 0 Å². The van der Waals surface area contributed by atoms with Gasteiger partial charge in [-0.3, -0.25) is 4.90 Å². The second-order valence-electron chi connectivity index (χ2n) is 3.28. The number of aliphatic hydroxyl groups excluding tert-OH is 2. The lowest BCUT2D eigenvalue weighted by molar-refractivity contribution is 0.119. The average molecular weight is 159 g/mol. The summed E-state index contributed by atoms with van der Waals surface area (Å²) in [6, 6.07) is 0.280. The van der Waals surface area contributed by atoms with Crippen molar-refractivity contribution in [2.45, 2.75) is 19.4 Å². The summed E-state index contributed by atoms with van der Waals surface area (Å²) in [7, 11) is 0. The minimum Gasteiger partial charge on any atom is -0.395 e. The predicted molar refractivity (Wildman–Crippen MR) is 43.3 cm³/mol. The van der Waals surface area contributed by atoms with Crippen LogP contribution in [-0.2, 0) is 0 Å². The number of hydrogen-bond acceptors (Lipinski definition) is 3. The summed E-state index contributed by atoms with van der Waals surface area (Å²) in [4.78, 5) is 2.16. The van der Waals surface area contributed by atoms with Gasteiger partial charge < -0.3 is 10.2 Å². The van der Waals surface area contributed by atoms with Crippen molar-refractivity contribution < 1.29 is 10.2 Å². The summed E-state index contributed by atoms with van der Waals surface area (Å²) >= 11 is 0. The molecule has 1 aliphatic rings. The molecule has 0 saturated carbocycles. The summed E-state index contributed by atoms with van der Waals surface area (Å²) in [5.41, 5.74) is 0. The molecule has 1 heterocycles. The minimum atomic E-state index is 0.198. The molecule has 66 valence electrons. The van der Waals surface area contributed by atoms with Gasteiger partial charge in [-0.05, 0) is 18.9 Å². The number of β-amino-alcohol motifs (C(OH)–C–C–N with tert-alkyl or cyclic N) is 1. The van der Waals surface area contributed by atoms with Crippen molar-refractivity contribution in [2.24, 2.45) is 5.92 Å². The van der Waals surface area contributed by atoms with Gasteiger partial charge in [0.15, 0.2) is 0 Å². The summed E-state index contributed by atoms with van der Waals surface area (Å²) in [5, 5.41) is 17.7. The van der Waals surface area contributed by atoms with Gasteiger partial charge in [0, 0.05) is 12.6 Å². The molecule has 2 N–H and O–H groups in total. The SMILES string of the molecule is CC1CCN(CCO)C1CO. The van der Waals surface area contributed by atoms with Crippen molar-refractivity contribution in [3.8, 4) is 0 Å². The van der Waals surface area contributed by atoms with Crippen LogP contribution in [0.15, 0.2) is 0 Å². The molecule has 1 aliphatic heterocycles. The maximum Gasteiger partial charge on any atom is 0.0589 e. The van der Waals surface area contributed by atoms with E-state index >= 15 is 0 Å². The summed E-state index contributed by atoms with van der Waals surface area (Å²) in [6.45, 7) is 4.30. The standard InChI is InChI=1S/C8H17NO2/c1-7-2-3-9(4-5-10)8(7)6-11/h7-8,10-11H,2-6H2,1H3. The van der Waals surface area contributed by atoms with Gasteiger partial charge in [-0.15, -0.1) is 0 Å². The molecule has 2 unspecified atom stereocenters. The van der Waals surface area contributed by atoms with Crippen molar-refractivity contribution in [3.05, 3.63) is 0 Å². The van der Waals surface area contributed by atoms with E-state index in [1.54, 1.807) is 0 Å². The summed E-state index contributed by atoms with van der Waals surface area (Å²) in [5.74, 6) is 0.576. The third-order valence-electron chi connectivity index (χ3n) is 2.57. The highest BCUT2D eigenvalue weighted by molar-refractivity contribution is 4.83. The van der Waals surface area contributed by atoms with Gasteiger partial charge in [0.05, 0.1) is 13.2 Å². The number of aliphatic hydroxyl groups is 2. The molecule has 0 aromatic rings. The maximum atomic E-state index is 9.01. The highest BCUT2D eigenvalue weighted by atomic mass is 16.3. The van der Waals surface area contributed by atoms with Crippen LogP contribution in [0.2, 0.25) is 0 Å². The molecule has 0 bridgehead atoms. The van der Waals surface area contributed by atoms with Crippen LogP contribution in [0.1, 0.15) is 13.3 Å². The van der Waals surface area contributed by atoms with Gasteiger partial charge in [0.2, 0.25) is 0 Å². The van der Waals surface area contributed by atoms with Gasteiger partial charge >= 0.3 is 0 Å². The van der Waals surface area contributed by atoms with E-state index in [-0.39, 0.29) is 19.3 Å². The fourth-order valence-corrected chi connectivity index (χ4v) is 1.79. The second-order valence-corrected chi connectivity index (χ2v) is 3.28. The van der Waals surface area contributed by atoms with E-state index in [0.717, 1.165) is 13.0 Å². The molecule has 1 rings (SSSR count). The third-order valence-corrected chi connectivity index (χ3v) is 2.57. The van der Waals surface area contributed by atoms with E-state index in [4.69, 9.17) is 10.2 Å². The molecule has 3 heteroatoms. The molecule has 11 heavy (non-hydrogen) atoms. The van der Waals surface area contributed by atoms with Crippen molar-refractivity contribution in [1.82, 2.24) is 4.90 Å². The zero-order chi connectivity index (χ0) is 8.27. The first-order valence-corrected chi connectivity index (χ1v) is 4.25. The number of nitrogens with zero attached hydrogens (tertiary/aromatic N) is 1. The molecule has 0 amide bonds. The fraction of sp³-hybridized carbons (Fsp3) is 1.00. The Morgan fingerprint density at radius 1 is 1.45 bits per heavy atom. The molecule has 0 spiro atoms. The van der Waals surface area contributed by atoms with Crippen LogP contribution in [0, 0.1) is 5.92 Å². The highest BCUT2D eigenvalue weighted by Gasteiger charge is 2.29. The van der Waals surface area contributed by atoms with Crippen LogP contribution in [0.5, 0.6) is 0 Å². The Morgan fingerprint density at radius 3 is 2.73 bits per heavy atom. The van der Waals surface area contributed by atoms with E-state index in [9.17, 15) is 0 Å². The van der Waals surface area contributed by atoms with Crippen LogP contribution < -0.4 is 0 Å². The van der Waals surface area contributed by atoms with Gasteiger partial charge in [-0.25, -0.2) is 0 Å². The first kappa shape index (κ1) is 8.97. The first-order chi connectivity index (χ1) is 5.29. The zero-order valence-electron chi connectivity index (χ0n) is 7.03. The predicted octanol–water partition coefficient (Wildman–Crippen LogP) is -0.319. The van der Waals surface area contributed by atoms with E-state index in [1.807, 2.05) is 0 Å². The summed E-state index contributed by atoms with van der Waals surface area (Å²) in [6.07, 6.45) is 1.14. The van der Waals surface area contributed by atoms with Crippen LogP contribution >= 0.6 is 0 Å². The zero-order valence-corrected chi connectivity index (χ0v) is 7.03. The Balaban J connectivity index is 2.40. The molecule has 3 nitrogen and oxygen atoms in total. The van der Waals surface area contributed by atoms with E-state index in [2.05, 4.69) is 11.8 Å². The number of rotatable bonds is 3. The van der Waals surface area contributed by atoms with Gasteiger partial charge in [-0.2, -0.15) is 0 Å². The van der Waals surface area contributed by atoms with E-state index < -0.39 is 0 Å². The van der Waals surface area contributed by atoms with E-state index in [1.165, 1.54) is 0 Å². The topological polar surface area (TPSA) is 43.7 Å².